The third-order valence-electron chi connectivity index (χ3n) is 2.53. The Labute approximate surface area is 128 Å². The van der Waals surface area contributed by atoms with Crippen LogP contribution in [0.3, 0.4) is 0 Å². The molecule has 0 radical (unpaired) electrons. The van der Waals surface area contributed by atoms with E-state index < -0.39 is 29.7 Å². The Bertz CT molecular complexity index is 588. The normalized spacial score (nSPS) is 10.8. The van der Waals surface area contributed by atoms with Crippen LogP contribution in [0.5, 0.6) is 0 Å². The van der Waals surface area contributed by atoms with E-state index in [2.05, 4.69) is 26.6 Å². The lowest BCUT2D eigenvalue weighted by molar-refractivity contribution is -0.00917. The number of rotatable bonds is 3. The number of pyridine rings is 1. The second kappa shape index (κ2) is 7.51. The zero-order valence-electron chi connectivity index (χ0n) is 11.1. The van der Waals surface area contributed by atoms with Crippen LogP contribution in [0, 0.1) is 11.6 Å². The van der Waals surface area contributed by atoms with Gasteiger partial charge in [0.1, 0.15) is 17.3 Å². The first kappa shape index (κ1) is 17.6. The van der Waals surface area contributed by atoms with Crippen LogP contribution in [-0.2, 0) is 12.3 Å². The van der Waals surface area contributed by atoms with Gasteiger partial charge in [0, 0.05) is 23.2 Å². The van der Waals surface area contributed by atoms with Gasteiger partial charge < -0.3 is 5.73 Å². The monoisotopic (exact) mass is 364 g/mol. The Morgan fingerprint density at radius 2 is 1.81 bits per heavy atom. The fourth-order valence-electron chi connectivity index (χ4n) is 1.59. The number of alkyl halides is 2. The summed E-state index contributed by atoms with van der Waals surface area (Å²) in [4.78, 5) is 3.60. The fraction of sp³-hybridized carbons (Fsp3) is 0.214. The van der Waals surface area contributed by atoms with Gasteiger partial charge in [-0.1, -0.05) is 6.07 Å². The molecule has 0 unspecified atom stereocenters. The maximum Gasteiger partial charge on any atom is 0.293 e. The topological polar surface area (TPSA) is 38.9 Å². The number of halogens is 5. The molecule has 2 aromatic rings. The van der Waals surface area contributed by atoms with Crippen molar-refractivity contribution in [1.82, 2.24) is 4.98 Å². The second-order valence-corrected chi connectivity index (χ2v) is 4.89. The summed E-state index contributed by atoms with van der Waals surface area (Å²) in [5, 5.41) is 0. The van der Waals surface area contributed by atoms with E-state index >= 15 is 0 Å². The molecule has 0 aliphatic rings. The maximum atomic E-state index is 13.9. The molecule has 2 rings (SSSR count). The van der Waals surface area contributed by atoms with E-state index in [-0.39, 0.29) is 5.56 Å². The van der Waals surface area contributed by atoms with Gasteiger partial charge in [-0.25, -0.2) is 8.78 Å². The van der Waals surface area contributed by atoms with Gasteiger partial charge in [0.05, 0.1) is 0 Å². The molecule has 0 aliphatic heterocycles. The summed E-state index contributed by atoms with van der Waals surface area (Å²) in [7, 11) is 1.50. The number of hydrogen-bond acceptors (Lipinski definition) is 2. The molecular weight excluding hydrogens is 352 g/mol. The lowest BCUT2D eigenvalue weighted by Crippen LogP contribution is -2.19. The molecule has 2 nitrogen and oxygen atoms in total. The van der Waals surface area contributed by atoms with Crippen molar-refractivity contribution in [2.75, 3.05) is 7.05 Å². The van der Waals surface area contributed by atoms with Crippen molar-refractivity contribution in [3.63, 3.8) is 0 Å². The number of hydrogen-bond donors (Lipinski definition) is 1. The van der Waals surface area contributed by atoms with E-state index in [1.54, 1.807) is 0 Å². The molecule has 0 saturated heterocycles. The first-order valence-corrected chi connectivity index (χ1v) is 6.69. The van der Waals surface area contributed by atoms with Crippen LogP contribution in [0.2, 0.25) is 0 Å². The van der Waals surface area contributed by atoms with Crippen LogP contribution in [0.15, 0.2) is 41.0 Å². The van der Waals surface area contributed by atoms with Crippen molar-refractivity contribution in [1.29, 1.82) is 0 Å². The van der Waals surface area contributed by atoms with Crippen molar-refractivity contribution in [3.05, 3.63) is 63.9 Å². The highest BCUT2D eigenvalue weighted by atomic mass is 79.9. The number of aromatic nitrogens is 1. The Morgan fingerprint density at radius 1 is 1.14 bits per heavy atom. The highest BCUT2D eigenvalue weighted by molar-refractivity contribution is 9.10. The molecule has 21 heavy (non-hydrogen) atoms. The van der Waals surface area contributed by atoms with Crippen molar-refractivity contribution in [2.24, 2.45) is 5.73 Å². The molecule has 0 bridgehead atoms. The fourth-order valence-corrected chi connectivity index (χ4v) is 1.82. The predicted molar refractivity (Wildman–Crippen MR) is 76.0 cm³/mol. The number of nitrogens with zero attached hydrogens (tertiary/aromatic N) is 1. The Balaban J connectivity index is 0.00000106. The van der Waals surface area contributed by atoms with Crippen LogP contribution >= 0.6 is 15.9 Å². The average molecular weight is 365 g/mol. The third-order valence-corrected chi connectivity index (χ3v) is 3.00. The van der Waals surface area contributed by atoms with E-state index in [0.717, 1.165) is 18.2 Å². The minimum atomic E-state index is -3.32. The molecule has 0 fully saturated rings. The predicted octanol–water partition coefficient (Wildman–Crippen LogP) is 4.03. The van der Waals surface area contributed by atoms with Crippen LogP contribution in [-0.4, -0.2) is 12.0 Å². The molecule has 7 heteroatoms. The zero-order valence-corrected chi connectivity index (χ0v) is 12.7. The summed E-state index contributed by atoms with van der Waals surface area (Å²) >= 11 is 3.09. The summed E-state index contributed by atoms with van der Waals surface area (Å²) in [6, 6.07) is 5.13. The molecule has 0 aliphatic carbocycles. The average Bonchev–Trinajstić information content (AvgIpc) is 2.45. The van der Waals surface area contributed by atoms with Gasteiger partial charge in [-0.05, 0) is 46.7 Å². The smallest absolute Gasteiger partial charge is 0.293 e. The Hall–Kier alpha value is -1.47. The summed E-state index contributed by atoms with van der Waals surface area (Å²) in [5.41, 5.74) is 3.79. The summed E-state index contributed by atoms with van der Waals surface area (Å²) < 4.78 is 54.5. The summed E-state index contributed by atoms with van der Waals surface area (Å²) in [5.74, 6) is -5.11. The van der Waals surface area contributed by atoms with Gasteiger partial charge >= 0.3 is 0 Å². The van der Waals surface area contributed by atoms with E-state index in [9.17, 15) is 17.6 Å². The molecule has 0 atom stereocenters. The molecule has 2 N–H and O–H groups in total. The first-order chi connectivity index (χ1) is 9.88. The van der Waals surface area contributed by atoms with Gasteiger partial charge in [-0.15, -0.1) is 0 Å². The molecular formula is C14H13BrF4N2. The van der Waals surface area contributed by atoms with Gasteiger partial charge in [-0.2, -0.15) is 8.78 Å². The number of benzene rings is 1. The van der Waals surface area contributed by atoms with Gasteiger partial charge in [0.2, 0.25) is 0 Å². The lowest BCUT2D eigenvalue weighted by Gasteiger charge is -2.16. The van der Waals surface area contributed by atoms with E-state index in [1.165, 1.54) is 19.3 Å². The zero-order chi connectivity index (χ0) is 16.0. The standard InChI is InChI=1S/C13H8BrF4N.CH5N/c14-9-2-4-12(19-7-9)13(17,18)6-8-1-3-10(15)5-11(8)16;1-2/h1-5,7H,6H2;2H2,1H3. The number of nitrogens with two attached hydrogens (primary N) is 1. The highest BCUT2D eigenvalue weighted by Crippen LogP contribution is 2.31. The Morgan fingerprint density at radius 3 is 2.33 bits per heavy atom. The van der Waals surface area contributed by atoms with E-state index in [1.807, 2.05) is 0 Å². The molecule has 0 spiro atoms. The maximum absolute atomic E-state index is 13.9. The molecule has 0 amide bonds. The first-order valence-electron chi connectivity index (χ1n) is 5.90. The van der Waals surface area contributed by atoms with Gasteiger partial charge in [-0.3, -0.25) is 4.98 Å². The molecule has 1 heterocycles. The van der Waals surface area contributed by atoms with Gasteiger partial charge in [0.15, 0.2) is 0 Å². The molecule has 114 valence electrons. The quantitative estimate of drug-likeness (QED) is 0.835. The van der Waals surface area contributed by atoms with Crippen molar-refractivity contribution in [3.8, 4) is 0 Å². The second-order valence-electron chi connectivity index (χ2n) is 3.98. The van der Waals surface area contributed by atoms with Crippen molar-refractivity contribution < 1.29 is 17.6 Å². The van der Waals surface area contributed by atoms with E-state index in [4.69, 9.17) is 0 Å². The molecule has 1 aromatic heterocycles. The van der Waals surface area contributed by atoms with Crippen LogP contribution in [0.1, 0.15) is 11.3 Å². The van der Waals surface area contributed by atoms with Gasteiger partial charge in [0.25, 0.3) is 5.92 Å². The van der Waals surface area contributed by atoms with E-state index in [0.29, 0.717) is 10.5 Å². The van der Waals surface area contributed by atoms with Crippen LogP contribution in [0.4, 0.5) is 17.6 Å². The summed E-state index contributed by atoms with van der Waals surface area (Å²) in [6.45, 7) is 0. The molecule has 1 aromatic carbocycles. The SMILES string of the molecule is CN.Fc1ccc(CC(F)(F)c2ccc(Br)cn2)c(F)c1. The largest absolute Gasteiger partial charge is 0.333 e. The lowest BCUT2D eigenvalue weighted by atomic mass is 10.0. The van der Waals surface area contributed by atoms with Crippen LogP contribution in [0.25, 0.3) is 0 Å². The van der Waals surface area contributed by atoms with Crippen LogP contribution < -0.4 is 5.73 Å². The van der Waals surface area contributed by atoms with Crippen molar-refractivity contribution >= 4 is 15.9 Å². The minimum absolute atomic E-state index is 0.254. The third kappa shape index (κ3) is 4.78. The van der Waals surface area contributed by atoms with Crippen molar-refractivity contribution in [2.45, 2.75) is 12.3 Å². The minimum Gasteiger partial charge on any atom is -0.333 e. The summed E-state index contributed by atoms with van der Waals surface area (Å²) in [6.07, 6.45) is 0.373. The highest BCUT2D eigenvalue weighted by Gasteiger charge is 2.34. The Kier molecular flexibility index (Phi) is 6.29. The molecule has 0 saturated carbocycles.